The highest BCUT2D eigenvalue weighted by Crippen LogP contribution is 2.25. The van der Waals surface area contributed by atoms with Crippen LogP contribution in [-0.4, -0.2) is 127 Å². The Bertz CT molecular complexity index is 1420. The Morgan fingerprint density at radius 2 is 1.77 bits per heavy atom. The second-order valence-electron chi connectivity index (χ2n) is 12.0. The molecule has 6 amide bonds. The van der Waals surface area contributed by atoms with Crippen LogP contribution in [-0.2, 0) is 40.0 Å². The van der Waals surface area contributed by atoms with Crippen LogP contribution in [0.3, 0.4) is 0 Å². The first-order chi connectivity index (χ1) is 22.8. The fourth-order valence-electron chi connectivity index (χ4n) is 6.17. The van der Waals surface area contributed by atoms with Gasteiger partial charge in [0.2, 0.25) is 35.4 Å². The molecule has 0 aliphatic carbocycles. The largest absolute Gasteiger partial charge is 0.481 e. The number of carboxylic acids is 1. The maximum atomic E-state index is 13.9. The summed E-state index contributed by atoms with van der Waals surface area (Å²) in [5.74, 6) is -5.14. The average molecular weight is 675 g/mol. The normalized spacial score (nSPS) is 27.0. The molecule has 6 atom stereocenters. The number of amides is 6. The van der Waals surface area contributed by atoms with Gasteiger partial charge in [-0.3, -0.25) is 43.9 Å². The highest BCUT2D eigenvalue weighted by atomic mass is 16.4. The summed E-state index contributed by atoms with van der Waals surface area (Å²) in [6.07, 6.45) is 1.63. The molecule has 1 aromatic rings. The van der Waals surface area contributed by atoms with E-state index in [0.29, 0.717) is 18.5 Å². The number of aliphatic hydroxyl groups is 1. The number of carbonyl (C=O) groups is 7. The van der Waals surface area contributed by atoms with Crippen molar-refractivity contribution in [1.82, 2.24) is 41.0 Å². The lowest BCUT2D eigenvalue weighted by atomic mass is 10.0. The van der Waals surface area contributed by atoms with Crippen molar-refractivity contribution in [1.29, 1.82) is 0 Å². The van der Waals surface area contributed by atoms with Crippen LogP contribution in [0.25, 0.3) is 0 Å². The lowest BCUT2D eigenvalue weighted by Crippen LogP contribution is -2.58. The van der Waals surface area contributed by atoms with Crippen molar-refractivity contribution in [2.75, 3.05) is 13.1 Å². The molecule has 262 valence electrons. The van der Waals surface area contributed by atoms with Gasteiger partial charge in [0, 0.05) is 51.2 Å². The zero-order valence-electron chi connectivity index (χ0n) is 26.5. The molecule has 3 aliphatic heterocycles. The quantitative estimate of drug-likeness (QED) is 0.0695. The Labute approximate surface area is 275 Å². The molecular weight excluding hydrogens is 632 g/mol. The smallest absolute Gasteiger partial charge is 0.303 e. The van der Waals surface area contributed by atoms with Crippen molar-refractivity contribution in [2.24, 2.45) is 10.7 Å². The summed E-state index contributed by atoms with van der Waals surface area (Å²) in [6, 6.07) is -5.98. The number of aliphatic imine (C=N–C) groups is 1. The van der Waals surface area contributed by atoms with E-state index in [2.05, 4.69) is 36.2 Å². The number of nitrogens with two attached hydrogens (primary N) is 1. The third-order valence-corrected chi connectivity index (χ3v) is 8.45. The van der Waals surface area contributed by atoms with E-state index in [1.807, 2.05) is 0 Å². The van der Waals surface area contributed by atoms with Gasteiger partial charge < -0.3 is 46.7 Å². The number of H-pyrrole nitrogens is 1. The summed E-state index contributed by atoms with van der Waals surface area (Å²) in [5, 5.41) is 30.5. The Morgan fingerprint density at radius 1 is 1.04 bits per heavy atom. The molecule has 48 heavy (non-hydrogen) atoms. The number of nitrogens with one attached hydrogen (secondary N) is 5. The number of guanidine groups is 1. The molecule has 3 fully saturated rings. The summed E-state index contributed by atoms with van der Waals surface area (Å²) in [7, 11) is 0. The molecule has 19 nitrogen and oxygen atoms in total. The molecule has 1 aromatic heterocycles. The summed E-state index contributed by atoms with van der Waals surface area (Å²) in [6.45, 7) is 1.56. The molecule has 3 unspecified atom stereocenters. The minimum absolute atomic E-state index is 0.00532. The third kappa shape index (κ3) is 9.05. The van der Waals surface area contributed by atoms with Crippen LogP contribution in [0.5, 0.6) is 0 Å². The molecule has 3 aliphatic rings. The zero-order valence-corrected chi connectivity index (χ0v) is 26.5. The predicted molar refractivity (Wildman–Crippen MR) is 165 cm³/mol. The van der Waals surface area contributed by atoms with Gasteiger partial charge in [0.1, 0.15) is 36.4 Å². The van der Waals surface area contributed by atoms with Crippen LogP contribution >= 0.6 is 0 Å². The Hall–Kier alpha value is -5.07. The lowest BCUT2D eigenvalue weighted by Gasteiger charge is -2.31. The first-order valence-electron chi connectivity index (χ1n) is 15.8. The number of imidazole rings is 1. The van der Waals surface area contributed by atoms with Crippen molar-refractivity contribution in [3.05, 3.63) is 18.2 Å². The second kappa shape index (κ2) is 16.2. The topological polar surface area (TPSA) is 282 Å². The first-order valence-corrected chi connectivity index (χ1v) is 15.8. The second-order valence-corrected chi connectivity index (χ2v) is 12.0. The summed E-state index contributed by atoms with van der Waals surface area (Å²) >= 11 is 0. The van der Waals surface area contributed by atoms with Gasteiger partial charge in [-0.15, -0.1) is 0 Å². The molecule has 0 radical (unpaired) electrons. The molecule has 0 aromatic carbocycles. The summed E-state index contributed by atoms with van der Waals surface area (Å²) < 4.78 is 0. The maximum Gasteiger partial charge on any atom is 0.303 e. The molecule has 4 heterocycles. The van der Waals surface area contributed by atoms with Crippen LogP contribution in [0, 0.1) is 0 Å². The number of fused-ring (bicyclic) bond motifs is 3. The molecule has 19 heteroatoms. The third-order valence-electron chi connectivity index (χ3n) is 8.45. The van der Waals surface area contributed by atoms with Crippen LogP contribution in [0.4, 0.5) is 0 Å². The van der Waals surface area contributed by atoms with Crippen LogP contribution in [0.2, 0.25) is 0 Å². The molecule has 4 rings (SSSR count). The number of aromatic amines is 1. The molecule has 9 N–H and O–H groups in total. The number of nitrogens with zero attached hydrogens (tertiary/aromatic N) is 4. The number of hydrogen-bond acceptors (Lipinski definition) is 10. The Balaban J connectivity index is 1.67. The number of carbonyl (C=O) groups excluding carboxylic acids is 6. The van der Waals surface area contributed by atoms with Crippen LogP contribution < -0.4 is 27.0 Å². The van der Waals surface area contributed by atoms with E-state index in [1.54, 1.807) is 0 Å². The summed E-state index contributed by atoms with van der Waals surface area (Å²) in [4.78, 5) is 104. The molecule has 0 saturated carbocycles. The van der Waals surface area contributed by atoms with Crippen molar-refractivity contribution in [3.8, 4) is 0 Å². The van der Waals surface area contributed by atoms with Gasteiger partial charge in [-0.05, 0) is 38.5 Å². The Morgan fingerprint density at radius 3 is 2.46 bits per heavy atom. The SMILES string of the molecule is CC(=O)NC(N)=NCCC[C@@H]1NC(=O)[C@H](CCCC(=O)O)NC(=O)C(Cc2cnc[nH]2)N2C(=O)C(CC2O)NC(=O)[C@H]2CCCN2C1=O. The fourth-order valence-corrected chi connectivity index (χ4v) is 6.17. The van der Waals surface area contributed by atoms with E-state index in [4.69, 9.17) is 5.73 Å². The van der Waals surface area contributed by atoms with Crippen LogP contribution in [0.15, 0.2) is 17.5 Å². The maximum absolute atomic E-state index is 13.9. The van der Waals surface area contributed by atoms with Gasteiger partial charge in [0.15, 0.2) is 5.96 Å². The minimum Gasteiger partial charge on any atom is -0.481 e. The van der Waals surface area contributed by atoms with E-state index < -0.39 is 77.8 Å². The number of aliphatic hydroxyl groups excluding tert-OH is 1. The predicted octanol–water partition coefficient (Wildman–Crippen LogP) is -3.18. The van der Waals surface area contributed by atoms with E-state index >= 15 is 0 Å². The van der Waals surface area contributed by atoms with Crippen molar-refractivity contribution in [3.63, 3.8) is 0 Å². The average Bonchev–Trinajstić information content (AvgIpc) is 3.77. The number of aliphatic carboxylic acids is 1. The van der Waals surface area contributed by atoms with E-state index in [1.165, 1.54) is 24.3 Å². The van der Waals surface area contributed by atoms with E-state index in [9.17, 15) is 43.8 Å². The van der Waals surface area contributed by atoms with Crippen molar-refractivity contribution in [2.45, 2.75) is 101 Å². The van der Waals surface area contributed by atoms with Crippen LogP contribution in [0.1, 0.15) is 64.0 Å². The summed E-state index contributed by atoms with van der Waals surface area (Å²) in [5.41, 5.74) is 6.13. The lowest BCUT2D eigenvalue weighted by molar-refractivity contribution is -0.147. The number of aromatic nitrogens is 2. The molecule has 3 saturated heterocycles. The first kappa shape index (κ1) is 35.8. The van der Waals surface area contributed by atoms with Gasteiger partial charge >= 0.3 is 5.97 Å². The molecule has 2 bridgehead atoms. The van der Waals surface area contributed by atoms with Crippen molar-refractivity contribution >= 4 is 47.4 Å². The number of hydrogen-bond donors (Lipinski definition) is 8. The highest BCUT2D eigenvalue weighted by molar-refractivity contribution is 5.99. The molecule has 0 spiro atoms. The highest BCUT2D eigenvalue weighted by Gasteiger charge is 2.48. The standard InChI is InChI=1S/C29H42N10O9/c1-15(40)34-29(30)32-9-3-6-18-27(47)38-10-4-7-20(38)25(45)37-19-12-22(41)39(28(19)48)21(11-16-13-31-14-33-16)26(46)35-17(24(44)36-18)5-2-8-23(42)43/h13-14,17-22,41H,2-12H2,1H3,(H,31,33)(H,35,46)(H,36,44)(H,37,45)(H,42,43)(H3,30,32,34,40)/t17-,18-,19?,20+,21?,22?/m0/s1. The van der Waals surface area contributed by atoms with Gasteiger partial charge in [-0.2, -0.15) is 0 Å². The minimum atomic E-state index is -1.46. The zero-order chi connectivity index (χ0) is 35.0. The van der Waals surface area contributed by atoms with Crippen molar-refractivity contribution < 1.29 is 43.8 Å². The monoisotopic (exact) mass is 674 g/mol. The van der Waals surface area contributed by atoms with E-state index in [-0.39, 0.29) is 64.0 Å². The van der Waals surface area contributed by atoms with E-state index in [0.717, 1.165) is 4.90 Å². The molecular formula is C29H42N10O9. The Kier molecular flexibility index (Phi) is 12.0. The fraction of sp³-hybridized carbons (Fsp3) is 0.621. The van der Waals surface area contributed by atoms with Gasteiger partial charge in [0.05, 0.1) is 6.33 Å². The van der Waals surface area contributed by atoms with Gasteiger partial charge in [-0.25, -0.2) is 4.98 Å². The van der Waals surface area contributed by atoms with Gasteiger partial charge in [-0.1, -0.05) is 0 Å². The number of rotatable bonds is 10. The van der Waals surface area contributed by atoms with Gasteiger partial charge in [0.25, 0.3) is 0 Å². The number of carboxylic acid groups (broad SMARTS) is 1.